The number of carbonyl (C=O) groups is 1. The number of hydrogen-bond acceptors (Lipinski definition) is 3. The molecule has 1 aromatic carbocycles. The van der Waals surface area contributed by atoms with Crippen LogP contribution in [0.2, 0.25) is 0 Å². The van der Waals surface area contributed by atoms with Crippen molar-refractivity contribution in [3.05, 3.63) is 29.8 Å². The molecule has 3 nitrogen and oxygen atoms in total. The Morgan fingerprint density at radius 2 is 1.94 bits per heavy atom. The smallest absolute Gasteiger partial charge is 0.349 e. The first-order valence-corrected chi connectivity index (χ1v) is 5.42. The van der Waals surface area contributed by atoms with Gasteiger partial charge in [0, 0.05) is 5.56 Å². The van der Waals surface area contributed by atoms with E-state index in [1.165, 1.54) is 0 Å². The maximum absolute atomic E-state index is 11.6. The summed E-state index contributed by atoms with van der Waals surface area (Å²) in [5, 5.41) is 0. The van der Waals surface area contributed by atoms with Crippen LogP contribution in [0, 0.1) is 12.3 Å². The van der Waals surface area contributed by atoms with Gasteiger partial charge in [-0.2, -0.15) is 0 Å². The average Bonchev–Trinajstić information content (AvgIpc) is 2.30. The molecule has 1 aromatic rings. The molecule has 3 heteroatoms. The van der Waals surface area contributed by atoms with E-state index in [9.17, 15) is 4.79 Å². The lowest BCUT2D eigenvalue weighted by atomic mass is 10.1. The molecule has 0 aromatic heterocycles. The van der Waals surface area contributed by atoms with E-state index in [-0.39, 0.29) is 5.97 Å². The summed E-state index contributed by atoms with van der Waals surface area (Å²) in [4.78, 5) is 11.6. The summed E-state index contributed by atoms with van der Waals surface area (Å²) in [7, 11) is 0. The Balaban J connectivity index is 2.76. The number of hydrogen-bond donors (Lipinski definition) is 0. The summed E-state index contributed by atoms with van der Waals surface area (Å²) in [6.07, 6.45) is 5.25. The molecular weight excluding hydrogens is 216 g/mol. The molecule has 0 aliphatic carbocycles. The molecule has 0 saturated carbocycles. The summed E-state index contributed by atoms with van der Waals surface area (Å²) in [6, 6.07) is 6.99. The van der Waals surface area contributed by atoms with E-state index in [0.717, 1.165) is 5.56 Å². The summed E-state index contributed by atoms with van der Waals surface area (Å²) in [6.45, 7) is 5.43. The Morgan fingerprint density at radius 1 is 1.35 bits per heavy atom. The maximum atomic E-state index is 11.6. The van der Waals surface area contributed by atoms with Crippen LogP contribution in [-0.2, 0) is 9.53 Å². The van der Waals surface area contributed by atoms with Crippen LogP contribution in [0.5, 0.6) is 5.75 Å². The molecule has 0 saturated heterocycles. The van der Waals surface area contributed by atoms with E-state index in [1.54, 1.807) is 45.0 Å². The van der Waals surface area contributed by atoms with E-state index in [2.05, 4.69) is 5.92 Å². The van der Waals surface area contributed by atoms with Crippen molar-refractivity contribution < 1.29 is 14.3 Å². The molecule has 0 N–H and O–H groups in total. The predicted octanol–water partition coefficient (Wildman–Crippen LogP) is 2.39. The molecule has 0 aliphatic rings. The fourth-order valence-electron chi connectivity index (χ4n) is 1.26. The maximum Gasteiger partial charge on any atom is 0.349 e. The van der Waals surface area contributed by atoms with Crippen LogP contribution in [0.4, 0.5) is 0 Å². The third-order valence-electron chi connectivity index (χ3n) is 2.16. The van der Waals surface area contributed by atoms with E-state index < -0.39 is 5.60 Å². The minimum Gasteiger partial charge on any atom is -0.476 e. The minimum absolute atomic E-state index is 0.335. The van der Waals surface area contributed by atoms with Crippen molar-refractivity contribution in [2.24, 2.45) is 0 Å². The van der Waals surface area contributed by atoms with E-state index >= 15 is 0 Å². The number of benzene rings is 1. The van der Waals surface area contributed by atoms with Gasteiger partial charge in [-0.05, 0) is 45.0 Å². The number of esters is 1. The summed E-state index contributed by atoms with van der Waals surface area (Å²) in [5.41, 5.74) is -0.237. The lowest BCUT2D eigenvalue weighted by Gasteiger charge is -2.24. The summed E-state index contributed by atoms with van der Waals surface area (Å²) < 4.78 is 10.5. The van der Waals surface area contributed by atoms with Gasteiger partial charge in [-0.25, -0.2) is 4.79 Å². The van der Waals surface area contributed by atoms with E-state index in [4.69, 9.17) is 15.9 Å². The number of carbonyl (C=O) groups excluding carboxylic acids is 1. The molecule has 0 amide bonds. The first-order chi connectivity index (χ1) is 7.99. The third-order valence-corrected chi connectivity index (χ3v) is 2.16. The predicted molar refractivity (Wildman–Crippen MR) is 65.7 cm³/mol. The van der Waals surface area contributed by atoms with Crippen LogP contribution in [0.3, 0.4) is 0 Å². The highest BCUT2D eigenvalue weighted by molar-refractivity contribution is 5.79. The SMILES string of the molecule is C#Cc1ccc(OC(C)(C)C(=O)OCC)cc1. The van der Waals surface area contributed by atoms with Gasteiger partial charge >= 0.3 is 5.97 Å². The molecule has 0 fully saturated rings. The minimum atomic E-state index is -1.01. The third kappa shape index (κ3) is 3.53. The van der Waals surface area contributed by atoms with Crippen LogP contribution in [0.1, 0.15) is 26.3 Å². The van der Waals surface area contributed by atoms with Crippen LogP contribution in [-0.4, -0.2) is 18.2 Å². The molecule has 0 unspecified atom stereocenters. The molecular formula is C14H16O3. The van der Waals surface area contributed by atoms with Gasteiger partial charge in [0.2, 0.25) is 0 Å². The van der Waals surface area contributed by atoms with Crippen LogP contribution < -0.4 is 4.74 Å². The molecule has 0 bridgehead atoms. The highest BCUT2D eigenvalue weighted by Gasteiger charge is 2.31. The Kier molecular flexibility index (Phi) is 4.17. The van der Waals surface area contributed by atoms with Gasteiger partial charge in [-0.15, -0.1) is 6.42 Å². The molecule has 0 heterocycles. The standard InChI is InChI=1S/C14H16O3/c1-5-11-7-9-12(10-8-11)17-14(3,4)13(15)16-6-2/h1,7-10H,6H2,2-4H3. The van der Waals surface area contributed by atoms with Gasteiger partial charge in [0.1, 0.15) is 5.75 Å². The normalized spacial score (nSPS) is 10.5. The average molecular weight is 232 g/mol. The van der Waals surface area contributed by atoms with Gasteiger partial charge in [0.25, 0.3) is 0 Å². The molecule has 90 valence electrons. The van der Waals surface area contributed by atoms with Crippen LogP contribution in [0.25, 0.3) is 0 Å². The van der Waals surface area contributed by atoms with Crippen molar-refractivity contribution in [2.45, 2.75) is 26.4 Å². The fraction of sp³-hybridized carbons (Fsp3) is 0.357. The number of ether oxygens (including phenoxy) is 2. The number of terminal acetylenes is 1. The Labute approximate surface area is 102 Å². The zero-order valence-electron chi connectivity index (χ0n) is 10.3. The Hall–Kier alpha value is -1.95. The van der Waals surface area contributed by atoms with Crippen molar-refractivity contribution >= 4 is 5.97 Å². The van der Waals surface area contributed by atoms with E-state index in [1.807, 2.05) is 0 Å². The lowest BCUT2D eigenvalue weighted by Crippen LogP contribution is -2.39. The molecule has 1 rings (SSSR count). The van der Waals surface area contributed by atoms with Gasteiger partial charge in [-0.3, -0.25) is 0 Å². The Morgan fingerprint density at radius 3 is 2.41 bits per heavy atom. The molecule has 0 radical (unpaired) electrons. The van der Waals surface area contributed by atoms with Crippen molar-refractivity contribution in [3.63, 3.8) is 0 Å². The van der Waals surface area contributed by atoms with Crippen molar-refractivity contribution in [1.29, 1.82) is 0 Å². The highest BCUT2D eigenvalue weighted by atomic mass is 16.6. The van der Waals surface area contributed by atoms with Crippen molar-refractivity contribution in [2.75, 3.05) is 6.61 Å². The zero-order chi connectivity index (χ0) is 12.9. The first-order valence-electron chi connectivity index (χ1n) is 5.42. The van der Waals surface area contributed by atoms with E-state index in [0.29, 0.717) is 12.4 Å². The summed E-state index contributed by atoms with van der Waals surface area (Å²) in [5.74, 6) is 2.71. The van der Waals surface area contributed by atoms with Gasteiger partial charge < -0.3 is 9.47 Å². The van der Waals surface area contributed by atoms with Crippen LogP contribution >= 0.6 is 0 Å². The molecule has 17 heavy (non-hydrogen) atoms. The first kappa shape index (κ1) is 13.1. The highest BCUT2D eigenvalue weighted by Crippen LogP contribution is 2.19. The topological polar surface area (TPSA) is 35.5 Å². The monoisotopic (exact) mass is 232 g/mol. The van der Waals surface area contributed by atoms with Crippen LogP contribution in [0.15, 0.2) is 24.3 Å². The summed E-state index contributed by atoms with van der Waals surface area (Å²) >= 11 is 0. The van der Waals surface area contributed by atoms with Gasteiger partial charge in [-0.1, -0.05) is 5.92 Å². The fourth-order valence-corrected chi connectivity index (χ4v) is 1.26. The quantitative estimate of drug-likeness (QED) is 0.590. The second-order valence-electron chi connectivity index (χ2n) is 4.00. The van der Waals surface area contributed by atoms with Crippen molar-refractivity contribution in [1.82, 2.24) is 0 Å². The Bertz CT molecular complexity index is 424. The lowest BCUT2D eigenvalue weighted by molar-refractivity contribution is -0.158. The molecule has 0 spiro atoms. The van der Waals surface area contributed by atoms with Crippen molar-refractivity contribution in [3.8, 4) is 18.1 Å². The zero-order valence-corrected chi connectivity index (χ0v) is 10.3. The number of rotatable bonds is 4. The second-order valence-corrected chi connectivity index (χ2v) is 4.00. The van der Waals surface area contributed by atoms with Gasteiger partial charge in [0.05, 0.1) is 6.61 Å². The largest absolute Gasteiger partial charge is 0.476 e. The van der Waals surface area contributed by atoms with Gasteiger partial charge in [0.15, 0.2) is 5.60 Å². The molecule has 0 aliphatic heterocycles. The molecule has 0 atom stereocenters. The second kappa shape index (κ2) is 5.40.